The lowest BCUT2D eigenvalue weighted by Gasteiger charge is -2.32. The molecule has 2 aliphatic heterocycles. The van der Waals surface area contributed by atoms with E-state index in [0.29, 0.717) is 29.0 Å². The fourth-order valence-electron chi connectivity index (χ4n) is 3.60. The van der Waals surface area contributed by atoms with E-state index in [4.69, 9.17) is 0 Å². The highest BCUT2D eigenvalue weighted by molar-refractivity contribution is 8.18. The second-order valence-electron chi connectivity index (χ2n) is 7.53. The number of thioether (sulfide) groups is 1. The van der Waals surface area contributed by atoms with Crippen LogP contribution in [0.2, 0.25) is 0 Å². The number of hydrogen-bond acceptors (Lipinski definition) is 7. The zero-order chi connectivity index (χ0) is 22.7. The Kier molecular flexibility index (Phi) is 6.75. The van der Waals surface area contributed by atoms with E-state index in [0.717, 1.165) is 43.8 Å². The summed E-state index contributed by atoms with van der Waals surface area (Å²) in [6.45, 7) is 2.19. The van der Waals surface area contributed by atoms with Crippen molar-refractivity contribution >= 4 is 34.9 Å². The van der Waals surface area contributed by atoms with Gasteiger partial charge in [-0.1, -0.05) is 6.07 Å². The zero-order valence-electron chi connectivity index (χ0n) is 16.9. The Morgan fingerprint density at radius 2 is 1.94 bits per heavy atom. The van der Waals surface area contributed by atoms with Gasteiger partial charge in [0.05, 0.1) is 10.6 Å². The molecule has 0 spiro atoms. The van der Waals surface area contributed by atoms with Gasteiger partial charge in [-0.3, -0.25) is 14.9 Å². The summed E-state index contributed by atoms with van der Waals surface area (Å²) in [6.07, 6.45) is 4.88. The fraction of sp³-hybridized carbons (Fsp3) is 0.333. The number of carbonyl (C=O) groups excluding carboxylic acids is 2. The van der Waals surface area contributed by atoms with Crippen molar-refractivity contribution in [1.82, 2.24) is 20.6 Å². The molecule has 2 N–H and O–H groups in total. The van der Waals surface area contributed by atoms with Gasteiger partial charge in [0.15, 0.2) is 17.5 Å². The predicted octanol–water partition coefficient (Wildman–Crippen LogP) is 3.22. The number of benzene rings is 1. The van der Waals surface area contributed by atoms with Crippen LogP contribution in [0.15, 0.2) is 29.3 Å². The third kappa shape index (κ3) is 5.10. The number of halogens is 3. The normalized spacial score (nSPS) is 18.5. The number of imide groups is 1. The van der Waals surface area contributed by atoms with E-state index in [1.807, 2.05) is 4.90 Å². The maximum atomic E-state index is 13.7. The van der Waals surface area contributed by atoms with Gasteiger partial charge in [0.1, 0.15) is 0 Å². The minimum absolute atomic E-state index is 0.0940. The molecule has 11 heteroatoms. The second kappa shape index (κ2) is 9.70. The lowest BCUT2D eigenvalue weighted by molar-refractivity contribution is -0.115. The number of amides is 2. The third-order valence-corrected chi connectivity index (χ3v) is 6.16. The maximum Gasteiger partial charge on any atom is 0.290 e. The van der Waals surface area contributed by atoms with Gasteiger partial charge in [-0.05, 0) is 55.3 Å². The van der Waals surface area contributed by atoms with Crippen LogP contribution in [0.3, 0.4) is 0 Å². The van der Waals surface area contributed by atoms with Crippen LogP contribution in [0, 0.1) is 23.4 Å². The molecule has 7 nitrogen and oxygen atoms in total. The second-order valence-corrected chi connectivity index (χ2v) is 8.54. The molecule has 2 amide bonds. The summed E-state index contributed by atoms with van der Waals surface area (Å²) in [4.78, 5) is 34.1. The van der Waals surface area contributed by atoms with Crippen LogP contribution >= 0.6 is 11.8 Å². The summed E-state index contributed by atoms with van der Waals surface area (Å²) >= 11 is 0.836. The summed E-state index contributed by atoms with van der Waals surface area (Å²) in [6, 6.07) is 3.83. The van der Waals surface area contributed by atoms with Crippen molar-refractivity contribution in [3.63, 3.8) is 0 Å². The lowest BCUT2D eigenvalue weighted by Crippen LogP contribution is -2.38. The van der Waals surface area contributed by atoms with Gasteiger partial charge >= 0.3 is 0 Å². The lowest BCUT2D eigenvalue weighted by atomic mass is 9.97. The van der Waals surface area contributed by atoms with Gasteiger partial charge in [0.25, 0.3) is 11.1 Å². The molecular formula is C21H20F3N5O2S. The van der Waals surface area contributed by atoms with E-state index < -0.39 is 28.6 Å². The highest BCUT2D eigenvalue weighted by Crippen LogP contribution is 2.26. The Morgan fingerprint density at radius 1 is 1.16 bits per heavy atom. The number of nitrogens with zero attached hydrogens (tertiary/aromatic N) is 3. The van der Waals surface area contributed by atoms with Crippen LogP contribution in [0.4, 0.5) is 23.9 Å². The average Bonchev–Trinajstić information content (AvgIpc) is 3.11. The minimum atomic E-state index is -1.45. The van der Waals surface area contributed by atoms with E-state index in [-0.39, 0.29) is 12.1 Å². The molecule has 0 aliphatic carbocycles. The number of nitrogens with one attached hydrogen (secondary N) is 2. The number of rotatable bonds is 6. The minimum Gasteiger partial charge on any atom is -0.341 e. The summed E-state index contributed by atoms with van der Waals surface area (Å²) < 4.78 is 40.1. The molecule has 0 unspecified atom stereocenters. The number of anilines is 1. The summed E-state index contributed by atoms with van der Waals surface area (Å²) in [5.74, 6) is -3.35. The van der Waals surface area contributed by atoms with Gasteiger partial charge in [-0.2, -0.15) is 0 Å². The molecule has 32 heavy (non-hydrogen) atoms. The molecule has 0 atom stereocenters. The van der Waals surface area contributed by atoms with Crippen molar-refractivity contribution in [3.8, 4) is 0 Å². The molecule has 0 radical (unpaired) electrons. The molecule has 3 heterocycles. The average molecular weight is 463 g/mol. The quantitative estimate of drug-likeness (QED) is 0.503. The van der Waals surface area contributed by atoms with Crippen LogP contribution in [-0.4, -0.2) is 40.7 Å². The van der Waals surface area contributed by atoms with Crippen molar-refractivity contribution in [2.45, 2.75) is 19.4 Å². The van der Waals surface area contributed by atoms with E-state index in [9.17, 15) is 22.8 Å². The van der Waals surface area contributed by atoms with Crippen LogP contribution in [0.25, 0.3) is 6.08 Å². The first-order valence-corrected chi connectivity index (χ1v) is 10.9. The van der Waals surface area contributed by atoms with E-state index in [1.54, 1.807) is 18.3 Å². The largest absolute Gasteiger partial charge is 0.341 e. The monoisotopic (exact) mass is 463 g/mol. The Bertz CT molecular complexity index is 1070. The zero-order valence-corrected chi connectivity index (χ0v) is 17.7. The summed E-state index contributed by atoms with van der Waals surface area (Å²) in [7, 11) is 0. The predicted molar refractivity (Wildman–Crippen MR) is 114 cm³/mol. The number of carbonyl (C=O) groups is 2. The van der Waals surface area contributed by atoms with Crippen LogP contribution < -0.4 is 15.5 Å². The highest BCUT2D eigenvalue weighted by Gasteiger charge is 2.26. The Morgan fingerprint density at radius 3 is 2.66 bits per heavy atom. The topological polar surface area (TPSA) is 87.2 Å². The molecule has 4 rings (SSSR count). The van der Waals surface area contributed by atoms with E-state index in [1.165, 1.54) is 6.07 Å². The van der Waals surface area contributed by atoms with Crippen LogP contribution in [0.1, 0.15) is 24.1 Å². The van der Waals surface area contributed by atoms with Crippen LogP contribution in [-0.2, 0) is 11.3 Å². The van der Waals surface area contributed by atoms with Crippen LogP contribution in [0.5, 0.6) is 0 Å². The molecule has 2 aromatic rings. The molecule has 168 valence electrons. The Hall–Kier alpha value is -2.92. The fourth-order valence-corrected chi connectivity index (χ4v) is 4.27. The summed E-state index contributed by atoms with van der Waals surface area (Å²) in [5.41, 5.74) is 0.635. The van der Waals surface area contributed by atoms with E-state index in [2.05, 4.69) is 20.6 Å². The molecule has 0 bridgehead atoms. The molecule has 1 aromatic carbocycles. The molecule has 1 aromatic heterocycles. The Balaban J connectivity index is 1.29. The molecule has 0 saturated carbocycles. The first kappa shape index (κ1) is 22.3. The van der Waals surface area contributed by atoms with Crippen molar-refractivity contribution in [2.24, 2.45) is 5.92 Å². The SMILES string of the molecule is O=C1NC(=O)/C(=C/c2ccnc(N3CCC(CNCc4ccc(F)c(F)c4F)CC3)n2)S1. The smallest absolute Gasteiger partial charge is 0.290 e. The first-order valence-electron chi connectivity index (χ1n) is 10.1. The molecule has 2 fully saturated rings. The highest BCUT2D eigenvalue weighted by atomic mass is 32.2. The standard InChI is InChI=1S/C21H20F3N5O2S/c22-15-2-1-13(17(23)18(15)24)11-25-10-12-4-7-29(8-5-12)20-26-6-3-14(27-20)9-16-19(30)28-21(31)32-16/h1-3,6,9,12,25H,4-5,7-8,10-11H2,(H,28,30,31)/b16-9-. The molecule has 2 saturated heterocycles. The van der Waals surface area contributed by atoms with Gasteiger partial charge in [0, 0.05) is 31.4 Å². The molecular weight excluding hydrogens is 443 g/mol. The van der Waals surface area contributed by atoms with E-state index >= 15 is 0 Å². The third-order valence-electron chi connectivity index (χ3n) is 5.35. The number of hydrogen-bond donors (Lipinski definition) is 2. The maximum absolute atomic E-state index is 13.7. The van der Waals surface area contributed by atoms with Crippen molar-refractivity contribution < 1.29 is 22.8 Å². The van der Waals surface area contributed by atoms with Crippen molar-refractivity contribution in [2.75, 3.05) is 24.5 Å². The number of piperidine rings is 1. The first-order chi connectivity index (χ1) is 15.4. The molecule has 2 aliphatic rings. The van der Waals surface area contributed by atoms with Gasteiger partial charge in [-0.25, -0.2) is 23.1 Å². The van der Waals surface area contributed by atoms with Crippen molar-refractivity contribution in [3.05, 3.63) is 58.0 Å². The van der Waals surface area contributed by atoms with Gasteiger partial charge < -0.3 is 10.2 Å². The Labute approximate surface area is 186 Å². The van der Waals surface area contributed by atoms with Crippen molar-refractivity contribution in [1.29, 1.82) is 0 Å². The number of aromatic nitrogens is 2. The van der Waals surface area contributed by atoms with Gasteiger partial charge in [-0.15, -0.1) is 0 Å². The summed E-state index contributed by atoms with van der Waals surface area (Å²) in [5, 5.41) is 4.92. The van der Waals surface area contributed by atoms with Gasteiger partial charge in [0.2, 0.25) is 5.95 Å².